The highest BCUT2D eigenvalue weighted by atomic mass is 16.5. The molecule has 1 rings (SSSR count). The van der Waals surface area contributed by atoms with Crippen molar-refractivity contribution in [1.29, 1.82) is 0 Å². The smallest absolute Gasteiger partial charge is 0.306 e. The van der Waals surface area contributed by atoms with E-state index < -0.39 is 0 Å². The third kappa shape index (κ3) is 8.25. The highest BCUT2D eigenvalue weighted by Gasteiger charge is 2.18. The normalized spacial score (nSPS) is 11.6. The highest BCUT2D eigenvalue weighted by molar-refractivity contribution is 5.70. The van der Waals surface area contributed by atoms with Gasteiger partial charge in [0.1, 0.15) is 5.75 Å². The van der Waals surface area contributed by atoms with E-state index in [1.54, 1.807) is 0 Å². The summed E-state index contributed by atoms with van der Waals surface area (Å²) in [6, 6.07) is 4.05. The first kappa shape index (κ1) is 22.5. The van der Waals surface area contributed by atoms with Crippen LogP contribution in [0.3, 0.4) is 0 Å². The van der Waals surface area contributed by atoms with Crippen LogP contribution < -0.4 is 0 Å². The van der Waals surface area contributed by atoms with Crippen LogP contribution in [0.2, 0.25) is 0 Å². The lowest BCUT2D eigenvalue weighted by molar-refractivity contribution is -0.143. The Hall–Kier alpha value is -1.51. The van der Waals surface area contributed by atoms with E-state index in [0.717, 1.165) is 24.0 Å². The number of hydrogen-bond acceptors (Lipinski definition) is 3. The quantitative estimate of drug-likeness (QED) is 0.375. The van der Waals surface area contributed by atoms with Gasteiger partial charge in [0.05, 0.1) is 6.61 Å². The fraction of sp³-hybridized carbons (Fsp3) is 0.696. The average Bonchev–Trinajstić information content (AvgIpc) is 2.57. The lowest BCUT2D eigenvalue weighted by atomic mass is 9.84. The number of phenolic OH excluding ortho intramolecular Hbond substituents is 1. The third-order valence-corrected chi connectivity index (χ3v) is 4.85. The van der Waals surface area contributed by atoms with E-state index in [9.17, 15) is 9.90 Å². The van der Waals surface area contributed by atoms with Crippen molar-refractivity contribution in [3.63, 3.8) is 0 Å². The molecule has 0 aliphatic rings. The standard InChI is InChI=1S/C23H38O3/c1-6-7-8-9-10-11-12-15-26-21(24)14-13-19-17-20(23(3,4)5)16-18(2)22(19)25/h16-17,25H,6-15H2,1-5H3. The van der Waals surface area contributed by atoms with E-state index >= 15 is 0 Å². The van der Waals surface area contributed by atoms with Gasteiger partial charge >= 0.3 is 5.97 Å². The Kier molecular flexibility index (Phi) is 9.75. The molecule has 0 amide bonds. The van der Waals surface area contributed by atoms with Crippen LogP contribution in [0.5, 0.6) is 5.75 Å². The lowest BCUT2D eigenvalue weighted by Gasteiger charge is -2.21. The molecule has 0 bridgehead atoms. The predicted octanol–water partition coefficient (Wildman–Crippen LogP) is 6.22. The Morgan fingerprint density at radius 3 is 2.27 bits per heavy atom. The minimum Gasteiger partial charge on any atom is -0.507 e. The number of ether oxygens (including phenoxy) is 1. The molecule has 3 heteroatoms. The van der Waals surface area contributed by atoms with Crippen molar-refractivity contribution in [2.75, 3.05) is 6.61 Å². The van der Waals surface area contributed by atoms with Gasteiger partial charge in [0.2, 0.25) is 0 Å². The van der Waals surface area contributed by atoms with E-state index in [1.165, 1.54) is 37.7 Å². The number of unbranched alkanes of at least 4 members (excludes halogenated alkanes) is 6. The molecule has 148 valence electrons. The summed E-state index contributed by atoms with van der Waals surface area (Å²) in [5.74, 6) is 0.132. The first-order valence-electron chi connectivity index (χ1n) is 10.2. The second-order valence-electron chi connectivity index (χ2n) is 8.39. The number of rotatable bonds is 11. The van der Waals surface area contributed by atoms with Crippen molar-refractivity contribution in [2.45, 2.75) is 97.8 Å². The first-order chi connectivity index (χ1) is 12.3. The Bertz CT molecular complexity index is 555. The van der Waals surface area contributed by atoms with Gasteiger partial charge in [-0.3, -0.25) is 4.79 Å². The molecule has 0 unspecified atom stereocenters. The molecule has 3 nitrogen and oxygen atoms in total. The molecule has 1 aromatic rings. The Morgan fingerprint density at radius 1 is 1.04 bits per heavy atom. The fourth-order valence-electron chi connectivity index (χ4n) is 3.03. The maximum absolute atomic E-state index is 12.0. The summed E-state index contributed by atoms with van der Waals surface area (Å²) >= 11 is 0. The molecule has 0 spiro atoms. The van der Waals surface area contributed by atoms with Crippen LogP contribution in [-0.2, 0) is 21.4 Å². The molecular weight excluding hydrogens is 324 g/mol. The van der Waals surface area contributed by atoms with Gasteiger partial charge < -0.3 is 9.84 Å². The third-order valence-electron chi connectivity index (χ3n) is 4.85. The van der Waals surface area contributed by atoms with E-state index in [-0.39, 0.29) is 11.4 Å². The molecule has 0 atom stereocenters. The van der Waals surface area contributed by atoms with Crippen LogP contribution in [-0.4, -0.2) is 17.7 Å². The molecular formula is C23H38O3. The van der Waals surface area contributed by atoms with Crippen LogP contribution in [0.4, 0.5) is 0 Å². The Labute approximate surface area is 160 Å². The topological polar surface area (TPSA) is 46.5 Å². The zero-order chi connectivity index (χ0) is 19.6. The minimum absolute atomic E-state index is 0.0187. The van der Waals surface area contributed by atoms with Crippen molar-refractivity contribution in [1.82, 2.24) is 0 Å². The second-order valence-corrected chi connectivity index (χ2v) is 8.39. The molecule has 26 heavy (non-hydrogen) atoms. The van der Waals surface area contributed by atoms with Gasteiger partial charge in [0.25, 0.3) is 0 Å². The number of aryl methyl sites for hydroxylation is 2. The second kappa shape index (κ2) is 11.3. The van der Waals surface area contributed by atoms with E-state index in [2.05, 4.69) is 27.7 Å². The summed E-state index contributed by atoms with van der Waals surface area (Å²) in [6.45, 7) is 11.1. The van der Waals surface area contributed by atoms with Gasteiger partial charge in [0.15, 0.2) is 0 Å². The average molecular weight is 363 g/mol. The fourth-order valence-corrected chi connectivity index (χ4v) is 3.03. The summed E-state index contributed by atoms with van der Waals surface area (Å²) < 4.78 is 5.34. The number of benzene rings is 1. The summed E-state index contributed by atoms with van der Waals surface area (Å²) in [5.41, 5.74) is 2.90. The van der Waals surface area contributed by atoms with Crippen LogP contribution in [0.1, 0.15) is 95.8 Å². The van der Waals surface area contributed by atoms with Gasteiger partial charge in [-0.2, -0.15) is 0 Å². The van der Waals surface area contributed by atoms with E-state index in [4.69, 9.17) is 4.74 Å². The molecule has 0 heterocycles. The number of esters is 1. The maximum Gasteiger partial charge on any atom is 0.306 e. The van der Waals surface area contributed by atoms with Crippen molar-refractivity contribution in [2.24, 2.45) is 0 Å². The summed E-state index contributed by atoms with van der Waals surface area (Å²) in [5, 5.41) is 10.3. The minimum atomic E-state index is -0.172. The number of carbonyl (C=O) groups is 1. The van der Waals surface area contributed by atoms with Crippen LogP contribution in [0.15, 0.2) is 12.1 Å². The largest absolute Gasteiger partial charge is 0.507 e. The number of carbonyl (C=O) groups excluding carboxylic acids is 1. The van der Waals surface area contributed by atoms with Gasteiger partial charge in [-0.25, -0.2) is 0 Å². The van der Waals surface area contributed by atoms with Gasteiger partial charge in [0, 0.05) is 6.42 Å². The molecule has 1 aromatic carbocycles. The van der Waals surface area contributed by atoms with Crippen molar-refractivity contribution in [3.8, 4) is 5.75 Å². The zero-order valence-electron chi connectivity index (χ0n) is 17.5. The van der Waals surface area contributed by atoms with Crippen LogP contribution in [0, 0.1) is 6.92 Å². The summed E-state index contributed by atoms with van der Waals surface area (Å²) in [7, 11) is 0. The maximum atomic E-state index is 12.0. The summed E-state index contributed by atoms with van der Waals surface area (Å²) in [6.07, 6.45) is 9.32. The van der Waals surface area contributed by atoms with Crippen LogP contribution in [0.25, 0.3) is 0 Å². The van der Waals surface area contributed by atoms with Gasteiger partial charge in [-0.05, 0) is 41.9 Å². The number of phenols is 1. The monoisotopic (exact) mass is 362 g/mol. The Balaban J connectivity index is 2.35. The molecule has 0 aliphatic carbocycles. The van der Waals surface area contributed by atoms with Crippen molar-refractivity contribution < 1.29 is 14.6 Å². The van der Waals surface area contributed by atoms with Crippen LogP contribution >= 0.6 is 0 Å². The number of hydrogen-bond donors (Lipinski definition) is 1. The molecule has 0 saturated heterocycles. The SMILES string of the molecule is CCCCCCCCCOC(=O)CCc1cc(C(C)(C)C)cc(C)c1O. The van der Waals surface area contributed by atoms with E-state index in [1.807, 2.05) is 19.1 Å². The summed E-state index contributed by atoms with van der Waals surface area (Å²) in [4.78, 5) is 12.0. The first-order valence-corrected chi connectivity index (χ1v) is 10.2. The highest BCUT2D eigenvalue weighted by Crippen LogP contribution is 2.31. The molecule has 0 saturated carbocycles. The number of aromatic hydroxyl groups is 1. The van der Waals surface area contributed by atoms with Gasteiger partial charge in [-0.15, -0.1) is 0 Å². The van der Waals surface area contributed by atoms with Crippen molar-refractivity contribution >= 4 is 5.97 Å². The van der Waals surface area contributed by atoms with E-state index in [0.29, 0.717) is 25.2 Å². The molecule has 0 radical (unpaired) electrons. The predicted molar refractivity (Wildman–Crippen MR) is 109 cm³/mol. The molecule has 0 fully saturated rings. The van der Waals surface area contributed by atoms with Crippen molar-refractivity contribution in [3.05, 3.63) is 28.8 Å². The lowest BCUT2D eigenvalue weighted by Crippen LogP contribution is -2.12. The molecule has 1 N–H and O–H groups in total. The molecule has 0 aromatic heterocycles. The Morgan fingerprint density at radius 2 is 1.65 bits per heavy atom. The zero-order valence-corrected chi connectivity index (χ0v) is 17.5. The van der Waals surface area contributed by atoms with Gasteiger partial charge in [-0.1, -0.05) is 78.4 Å². The molecule has 0 aliphatic heterocycles.